The third-order valence-electron chi connectivity index (χ3n) is 4.24. The number of aromatic nitrogens is 3. The van der Waals surface area contributed by atoms with Crippen molar-refractivity contribution in [2.45, 2.75) is 26.7 Å². The van der Waals surface area contributed by atoms with Crippen LogP contribution in [0.3, 0.4) is 0 Å². The molecule has 4 rings (SSSR count). The molecule has 0 N–H and O–H groups in total. The molecule has 0 aliphatic rings. The Morgan fingerprint density at radius 1 is 1.17 bits per heavy atom. The van der Waals surface area contributed by atoms with Crippen LogP contribution in [-0.2, 0) is 0 Å². The molecule has 6 nitrogen and oxygen atoms in total. The maximum atomic E-state index is 12.8. The van der Waals surface area contributed by atoms with Crippen molar-refractivity contribution in [1.82, 2.24) is 14.6 Å². The van der Waals surface area contributed by atoms with Crippen LogP contribution in [0.15, 0.2) is 40.5 Å². The standard InChI is InChI=1S/C21H21N3O3S2/c1-3-5-10-27-15-9-8-14(12-16(15)26-4-2)13-18-20(25)24-21(29-18)22-19(23-24)17-7-6-11-28-17/h6-9,11-13H,3-5,10H2,1-2H3/b18-13-. The summed E-state index contributed by atoms with van der Waals surface area (Å²) in [5, 5.41) is 6.33. The summed E-state index contributed by atoms with van der Waals surface area (Å²) in [6, 6.07) is 9.61. The van der Waals surface area contributed by atoms with Gasteiger partial charge in [-0.25, -0.2) is 0 Å². The van der Waals surface area contributed by atoms with Crippen LogP contribution >= 0.6 is 22.7 Å². The lowest BCUT2D eigenvalue weighted by atomic mass is 10.2. The Morgan fingerprint density at radius 2 is 2.07 bits per heavy atom. The summed E-state index contributed by atoms with van der Waals surface area (Å²) in [5.74, 6) is 1.99. The summed E-state index contributed by atoms with van der Waals surface area (Å²) in [4.78, 5) is 18.8. The van der Waals surface area contributed by atoms with E-state index in [1.807, 2.05) is 48.7 Å². The lowest BCUT2D eigenvalue weighted by molar-refractivity contribution is 0.272. The third-order valence-corrected chi connectivity index (χ3v) is 6.07. The van der Waals surface area contributed by atoms with Gasteiger partial charge in [0.2, 0.25) is 4.96 Å². The fourth-order valence-corrected chi connectivity index (χ4v) is 4.38. The van der Waals surface area contributed by atoms with E-state index in [9.17, 15) is 4.79 Å². The largest absolute Gasteiger partial charge is 0.490 e. The minimum absolute atomic E-state index is 0.165. The van der Waals surface area contributed by atoms with Gasteiger partial charge >= 0.3 is 0 Å². The molecule has 29 heavy (non-hydrogen) atoms. The molecule has 0 amide bonds. The molecule has 0 unspecified atom stereocenters. The monoisotopic (exact) mass is 427 g/mol. The minimum Gasteiger partial charge on any atom is -0.490 e. The molecule has 3 heterocycles. The van der Waals surface area contributed by atoms with E-state index in [2.05, 4.69) is 17.0 Å². The number of unbranched alkanes of at least 4 members (excludes halogenated alkanes) is 1. The van der Waals surface area contributed by atoms with Crippen LogP contribution in [0.1, 0.15) is 32.3 Å². The topological polar surface area (TPSA) is 65.7 Å². The molecule has 0 aliphatic heterocycles. The highest BCUT2D eigenvalue weighted by Crippen LogP contribution is 2.29. The van der Waals surface area contributed by atoms with E-state index in [1.165, 1.54) is 15.9 Å². The van der Waals surface area contributed by atoms with Crippen molar-refractivity contribution in [2.24, 2.45) is 0 Å². The number of ether oxygens (including phenoxy) is 2. The quantitative estimate of drug-likeness (QED) is 0.398. The van der Waals surface area contributed by atoms with E-state index in [0.29, 0.717) is 34.3 Å². The predicted octanol–water partition coefficient (Wildman–Crippen LogP) is 4.00. The van der Waals surface area contributed by atoms with E-state index in [0.717, 1.165) is 29.0 Å². The molecule has 0 aliphatic carbocycles. The highest BCUT2D eigenvalue weighted by atomic mass is 32.1. The smallest absolute Gasteiger partial charge is 0.291 e. The average Bonchev–Trinajstić information content (AvgIpc) is 3.43. The maximum Gasteiger partial charge on any atom is 0.291 e. The maximum absolute atomic E-state index is 12.8. The summed E-state index contributed by atoms with van der Waals surface area (Å²) >= 11 is 2.88. The minimum atomic E-state index is -0.165. The Labute approximate surface area is 176 Å². The van der Waals surface area contributed by atoms with Gasteiger partial charge in [0.1, 0.15) is 0 Å². The van der Waals surface area contributed by atoms with E-state index < -0.39 is 0 Å². The van der Waals surface area contributed by atoms with Crippen molar-refractivity contribution < 1.29 is 9.47 Å². The number of hydrogen-bond donors (Lipinski definition) is 0. The second-order valence-corrected chi connectivity index (χ2v) is 8.32. The molecule has 8 heteroatoms. The van der Waals surface area contributed by atoms with Gasteiger partial charge in [-0.15, -0.1) is 16.4 Å². The number of rotatable bonds is 8. The first kappa shape index (κ1) is 19.6. The first-order chi connectivity index (χ1) is 14.2. The van der Waals surface area contributed by atoms with Crippen molar-refractivity contribution >= 4 is 33.7 Å². The predicted molar refractivity (Wildman–Crippen MR) is 117 cm³/mol. The van der Waals surface area contributed by atoms with Gasteiger partial charge in [0.05, 0.1) is 22.6 Å². The Bertz CT molecular complexity index is 1210. The summed E-state index contributed by atoms with van der Waals surface area (Å²) < 4.78 is 13.5. The van der Waals surface area contributed by atoms with Crippen LogP contribution in [-0.4, -0.2) is 27.8 Å². The summed E-state index contributed by atoms with van der Waals surface area (Å²) in [6.07, 6.45) is 3.91. The van der Waals surface area contributed by atoms with Gasteiger partial charge < -0.3 is 9.47 Å². The van der Waals surface area contributed by atoms with Crippen LogP contribution in [0.5, 0.6) is 11.5 Å². The van der Waals surface area contributed by atoms with E-state index in [4.69, 9.17) is 9.47 Å². The van der Waals surface area contributed by atoms with Crippen LogP contribution in [0, 0.1) is 0 Å². The van der Waals surface area contributed by atoms with Gasteiger partial charge in [-0.05, 0) is 48.6 Å². The second kappa shape index (κ2) is 8.75. The van der Waals surface area contributed by atoms with Crippen LogP contribution in [0.4, 0.5) is 0 Å². The second-order valence-electron chi connectivity index (χ2n) is 6.36. The lowest BCUT2D eigenvalue weighted by Crippen LogP contribution is -2.23. The van der Waals surface area contributed by atoms with Gasteiger partial charge in [0.15, 0.2) is 17.3 Å². The highest BCUT2D eigenvalue weighted by Gasteiger charge is 2.13. The Kier molecular flexibility index (Phi) is 5.92. The molecule has 3 aromatic heterocycles. The van der Waals surface area contributed by atoms with Crippen LogP contribution in [0.2, 0.25) is 0 Å². The SMILES string of the molecule is CCCCOc1ccc(/C=c2\sc3nc(-c4cccs4)nn3c2=O)cc1OCC. The van der Waals surface area contributed by atoms with Crippen molar-refractivity contribution in [3.8, 4) is 22.2 Å². The molecule has 4 aromatic rings. The third kappa shape index (κ3) is 4.18. The molecule has 0 radical (unpaired) electrons. The van der Waals surface area contributed by atoms with Crippen LogP contribution in [0.25, 0.3) is 21.7 Å². The fraction of sp³-hybridized carbons (Fsp3) is 0.286. The normalized spacial score (nSPS) is 12.0. The molecule has 0 bridgehead atoms. The summed E-state index contributed by atoms with van der Waals surface area (Å²) in [7, 11) is 0. The van der Waals surface area contributed by atoms with Gasteiger partial charge in [0.25, 0.3) is 5.56 Å². The molecule has 0 atom stereocenters. The Morgan fingerprint density at radius 3 is 2.79 bits per heavy atom. The lowest BCUT2D eigenvalue weighted by Gasteiger charge is -2.12. The van der Waals surface area contributed by atoms with Gasteiger partial charge in [-0.2, -0.15) is 9.50 Å². The van der Waals surface area contributed by atoms with Crippen molar-refractivity contribution in [2.75, 3.05) is 13.2 Å². The molecule has 0 fully saturated rings. The zero-order valence-corrected chi connectivity index (χ0v) is 17.9. The number of thiophene rings is 1. The molecule has 0 saturated heterocycles. The molecule has 0 saturated carbocycles. The Hall–Kier alpha value is -2.71. The van der Waals surface area contributed by atoms with E-state index in [-0.39, 0.29) is 5.56 Å². The van der Waals surface area contributed by atoms with Gasteiger partial charge in [-0.1, -0.05) is 36.8 Å². The summed E-state index contributed by atoms with van der Waals surface area (Å²) in [5.41, 5.74) is 0.706. The number of fused-ring (bicyclic) bond motifs is 1. The van der Waals surface area contributed by atoms with E-state index >= 15 is 0 Å². The highest BCUT2D eigenvalue weighted by molar-refractivity contribution is 7.15. The summed E-state index contributed by atoms with van der Waals surface area (Å²) in [6.45, 7) is 5.27. The Balaban J connectivity index is 1.67. The number of nitrogens with zero attached hydrogens (tertiary/aromatic N) is 3. The molecular formula is C21H21N3O3S2. The first-order valence-corrected chi connectivity index (χ1v) is 11.2. The van der Waals surface area contributed by atoms with Crippen molar-refractivity contribution in [3.05, 3.63) is 56.2 Å². The number of benzene rings is 1. The van der Waals surface area contributed by atoms with Crippen LogP contribution < -0.4 is 19.6 Å². The molecule has 150 valence electrons. The zero-order valence-electron chi connectivity index (χ0n) is 16.3. The number of hydrogen-bond acceptors (Lipinski definition) is 7. The van der Waals surface area contributed by atoms with Gasteiger partial charge in [0, 0.05) is 0 Å². The molecule has 0 spiro atoms. The molecular weight excluding hydrogens is 406 g/mol. The average molecular weight is 428 g/mol. The molecule has 1 aromatic carbocycles. The van der Waals surface area contributed by atoms with Crippen molar-refractivity contribution in [1.29, 1.82) is 0 Å². The van der Waals surface area contributed by atoms with Gasteiger partial charge in [-0.3, -0.25) is 4.79 Å². The van der Waals surface area contributed by atoms with E-state index in [1.54, 1.807) is 11.3 Å². The fourth-order valence-electron chi connectivity index (χ4n) is 2.82. The number of thiazole rings is 1. The first-order valence-electron chi connectivity index (χ1n) is 9.54. The zero-order chi connectivity index (χ0) is 20.2. The van der Waals surface area contributed by atoms with Crippen molar-refractivity contribution in [3.63, 3.8) is 0 Å².